The van der Waals surface area contributed by atoms with Gasteiger partial charge in [0.1, 0.15) is 17.1 Å². The number of halogens is 1. The van der Waals surface area contributed by atoms with E-state index in [1.165, 1.54) is 6.07 Å². The molecule has 158 valence electrons. The Kier molecular flexibility index (Phi) is 4.95. The van der Waals surface area contributed by atoms with E-state index in [1.54, 1.807) is 36.8 Å². The van der Waals surface area contributed by atoms with Crippen LogP contribution in [0, 0.1) is 12.7 Å². The molecule has 0 saturated carbocycles. The number of ether oxygens (including phenoxy) is 1. The number of aromatic amines is 1. The fourth-order valence-electron chi connectivity index (χ4n) is 3.57. The van der Waals surface area contributed by atoms with Gasteiger partial charge in [0.15, 0.2) is 11.6 Å². The van der Waals surface area contributed by atoms with E-state index in [9.17, 15) is 4.39 Å². The summed E-state index contributed by atoms with van der Waals surface area (Å²) in [4.78, 5) is 9.08. The molecule has 5 rings (SSSR count). The van der Waals surface area contributed by atoms with Crippen LogP contribution < -0.4 is 4.74 Å². The first-order valence-electron chi connectivity index (χ1n) is 9.98. The number of H-pyrrole nitrogens is 1. The second-order valence-electron chi connectivity index (χ2n) is 7.30. The van der Waals surface area contributed by atoms with Gasteiger partial charge in [-0.1, -0.05) is 18.2 Å². The minimum absolute atomic E-state index is 0.140. The van der Waals surface area contributed by atoms with Crippen LogP contribution in [0.25, 0.3) is 33.9 Å². The lowest BCUT2D eigenvalue weighted by Crippen LogP contribution is -1.95. The summed E-state index contributed by atoms with van der Waals surface area (Å²) in [6.07, 6.45) is 3.42. The van der Waals surface area contributed by atoms with Crippen molar-refractivity contribution in [3.05, 3.63) is 84.7 Å². The fraction of sp³-hybridized carbons (Fsp3) is 0.0833. The topological polar surface area (TPSA) is 81.5 Å². The smallest absolute Gasteiger partial charge is 0.165 e. The second-order valence-corrected chi connectivity index (χ2v) is 7.30. The van der Waals surface area contributed by atoms with Gasteiger partial charge < -0.3 is 9.30 Å². The van der Waals surface area contributed by atoms with E-state index in [2.05, 4.69) is 25.4 Å². The van der Waals surface area contributed by atoms with E-state index in [1.807, 2.05) is 48.9 Å². The van der Waals surface area contributed by atoms with Gasteiger partial charge in [0.25, 0.3) is 0 Å². The summed E-state index contributed by atoms with van der Waals surface area (Å²) < 4.78 is 22.1. The minimum Gasteiger partial charge on any atom is -0.454 e. The highest BCUT2D eigenvalue weighted by molar-refractivity contribution is 5.79. The van der Waals surface area contributed by atoms with Crippen LogP contribution in [0.2, 0.25) is 0 Å². The van der Waals surface area contributed by atoms with Crippen LogP contribution in [0.3, 0.4) is 0 Å². The van der Waals surface area contributed by atoms with Crippen LogP contribution in [0.5, 0.6) is 11.5 Å². The Morgan fingerprint density at radius 1 is 0.906 bits per heavy atom. The zero-order valence-corrected chi connectivity index (χ0v) is 17.5. The van der Waals surface area contributed by atoms with Crippen LogP contribution >= 0.6 is 0 Å². The number of nitrogens with zero attached hydrogens (tertiary/aromatic N) is 5. The van der Waals surface area contributed by atoms with Crippen molar-refractivity contribution in [2.45, 2.75) is 6.92 Å². The molecule has 0 aliphatic carbocycles. The van der Waals surface area contributed by atoms with Crippen LogP contribution in [0.15, 0.2) is 73.2 Å². The molecule has 0 atom stereocenters. The van der Waals surface area contributed by atoms with E-state index in [0.717, 1.165) is 28.2 Å². The first-order chi connectivity index (χ1) is 15.6. The Labute approximate surface area is 183 Å². The summed E-state index contributed by atoms with van der Waals surface area (Å²) in [6, 6.07) is 17.7. The maximum atomic E-state index is 14.5. The average molecular weight is 426 g/mol. The molecule has 32 heavy (non-hydrogen) atoms. The van der Waals surface area contributed by atoms with E-state index >= 15 is 0 Å². The largest absolute Gasteiger partial charge is 0.454 e. The van der Waals surface area contributed by atoms with Crippen molar-refractivity contribution in [3.8, 4) is 45.4 Å². The van der Waals surface area contributed by atoms with Crippen LogP contribution in [0.4, 0.5) is 4.39 Å². The van der Waals surface area contributed by atoms with Gasteiger partial charge in [-0.15, -0.1) is 0 Å². The third kappa shape index (κ3) is 3.62. The monoisotopic (exact) mass is 426 g/mol. The van der Waals surface area contributed by atoms with Gasteiger partial charge in [0, 0.05) is 24.4 Å². The molecule has 7 nitrogen and oxygen atoms in total. The Hall–Kier alpha value is -4.33. The summed E-state index contributed by atoms with van der Waals surface area (Å²) in [6.45, 7) is 1.89. The first kappa shape index (κ1) is 19.6. The van der Waals surface area contributed by atoms with Gasteiger partial charge in [-0.25, -0.2) is 9.37 Å². The molecule has 0 aliphatic heterocycles. The predicted octanol–water partition coefficient (Wildman–Crippen LogP) is 5.17. The van der Waals surface area contributed by atoms with Gasteiger partial charge in [-0.05, 0) is 49.4 Å². The molecule has 0 saturated heterocycles. The van der Waals surface area contributed by atoms with Gasteiger partial charge in [0.05, 0.1) is 23.4 Å². The van der Waals surface area contributed by atoms with E-state index in [0.29, 0.717) is 17.1 Å². The van der Waals surface area contributed by atoms with Gasteiger partial charge in [0.2, 0.25) is 0 Å². The van der Waals surface area contributed by atoms with Crippen molar-refractivity contribution in [3.63, 3.8) is 0 Å². The number of benzene rings is 2. The SMILES string of the molecule is Cc1n[nH]nc1-c1ccnc(-c2ncn(C)c2-c2ccc(F)c(Oc3ccccc3)c2)c1. The lowest BCUT2D eigenvalue weighted by molar-refractivity contribution is 0.442. The Morgan fingerprint density at radius 3 is 2.53 bits per heavy atom. The van der Waals surface area contributed by atoms with Crippen LogP contribution in [0.1, 0.15) is 5.69 Å². The van der Waals surface area contributed by atoms with Gasteiger partial charge >= 0.3 is 0 Å². The van der Waals surface area contributed by atoms with Gasteiger partial charge in [-0.3, -0.25) is 4.98 Å². The number of rotatable bonds is 5. The molecule has 3 heterocycles. The second kappa shape index (κ2) is 8.07. The standard InChI is InChI=1S/C24H19FN6O/c1-15-22(29-30-28-15)16-10-11-26-20(12-16)23-24(31(2)14-27-23)17-8-9-19(25)21(13-17)32-18-6-4-3-5-7-18/h3-14H,1-2H3,(H,28,29,30). The Bertz CT molecular complexity index is 1390. The third-order valence-electron chi connectivity index (χ3n) is 5.11. The molecule has 0 amide bonds. The minimum atomic E-state index is -0.442. The number of aromatic nitrogens is 6. The molecule has 0 radical (unpaired) electrons. The van der Waals surface area contributed by atoms with Gasteiger partial charge in [-0.2, -0.15) is 15.4 Å². The van der Waals surface area contributed by atoms with Crippen LogP contribution in [-0.2, 0) is 7.05 Å². The molecule has 0 aliphatic rings. The molecule has 0 fully saturated rings. The number of hydrogen-bond donors (Lipinski definition) is 1. The van der Waals surface area contributed by atoms with Crippen molar-refractivity contribution in [1.29, 1.82) is 0 Å². The highest BCUT2D eigenvalue weighted by Gasteiger charge is 2.18. The van der Waals surface area contributed by atoms with Crippen molar-refractivity contribution in [2.24, 2.45) is 7.05 Å². The maximum Gasteiger partial charge on any atom is 0.165 e. The molecular weight excluding hydrogens is 407 g/mol. The number of aryl methyl sites for hydroxylation is 2. The lowest BCUT2D eigenvalue weighted by atomic mass is 10.1. The summed E-state index contributed by atoms with van der Waals surface area (Å²) in [5.74, 6) is 0.259. The number of hydrogen-bond acceptors (Lipinski definition) is 5. The molecule has 2 aromatic carbocycles. The van der Waals surface area contributed by atoms with E-state index in [4.69, 9.17) is 4.74 Å². The quantitative estimate of drug-likeness (QED) is 0.419. The van der Waals surface area contributed by atoms with E-state index in [-0.39, 0.29) is 5.75 Å². The Morgan fingerprint density at radius 2 is 1.75 bits per heavy atom. The molecule has 1 N–H and O–H groups in total. The average Bonchev–Trinajstić information content (AvgIpc) is 3.41. The zero-order valence-electron chi connectivity index (χ0n) is 17.5. The fourth-order valence-corrected chi connectivity index (χ4v) is 3.57. The molecular formula is C24H19FN6O. The number of pyridine rings is 1. The molecule has 0 unspecified atom stereocenters. The number of para-hydroxylation sites is 1. The molecule has 5 aromatic rings. The molecule has 8 heteroatoms. The highest BCUT2D eigenvalue weighted by Crippen LogP contribution is 2.35. The molecule has 0 bridgehead atoms. The molecule has 3 aromatic heterocycles. The summed E-state index contributed by atoms with van der Waals surface area (Å²) in [5.41, 5.74) is 5.34. The highest BCUT2D eigenvalue weighted by atomic mass is 19.1. The van der Waals surface area contributed by atoms with Crippen molar-refractivity contribution in [2.75, 3.05) is 0 Å². The number of nitrogens with one attached hydrogen (secondary N) is 1. The van der Waals surface area contributed by atoms with Crippen molar-refractivity contribution in [1.82, 2.24) is 29.9 Å². The van der Waals surface area contributed by atoms with E-state index < -0.39 is 5.82 Å². The summed E-state index contributed by atoms with van der Waals surface area (Å²) >= 11 is 0. The zero-order chi connectivity index (χ0) is 22.1. The maximum absolute atomic E-state index is 14.5. The predicted molar refractivity (Wildman–Crippen MR) is 118 cm³/mol. The lowest BCUT2D eigenvalue weighted by Gasteiger charge is -2.11. The summed E-state index contributed by atoms with van der Waals surface area (Å²) in [5, 5.41) is 11.0. The molecule has 0 spiro atoms. The number of imidazole rings is 1. The first-order valence-corrected chi connectivity index (χ1v) is 9.98. The Balaban J connectivity index is 1.57. The van der Waals surface area contributed by atoms with Crippen molar-refractivity contribution < 1.29 is 9.13 Å². The third-order valence-corrected chi connectivity index (χ3v) is 5.11. The summed E-state index contributed by atoms with van der Waals surface area (Å²) in [7, 11) is 1.89. The van der Waals surface area contributed by atoms with Crippen molar-refractivity contribution >= 4 is 0 Å². The van der Waals surface area contributed by atoms with Crippen LogP contribution in [-0.4, -0.2) is 29.9 Å². The normalized spacial score (nSPS) is 11.0.